The highest BCUT2D eigenvalue weighted by atomic mass is 32.2. The number of rotatable bonds is 9. The van der Waals surface area contributed by atoms with Gasteiger partial charge in [-0.05, 0) is 17.7 Å². The molecular weight excluding hydrogens is 392 g/mol. The molecule has 1 aliphatic rings. The minimum atomic E-state index is -0.775. The second kappa shape index (κ2) is 9.88. The average molecular weight is 412 g/mol. The lowest BCUT2D eigenvalue weighted by atomic mass is 10.1. The second-order valence-electron chi connectivity index (χ2n) is 6.29. The number of anilines is 1. The maximum atomic E-state index is 12.0. The van der Waals surface area contributed by atoms with Gasteiger partial charge in [-0.3, -0.25) is 24.1 Å². The van der Waals surface area contributed by atoms with Crippen LogP contribution in [0, 0.1) is 0 Å². The van der Waals surface area contributed by atoms with Crippen LogP contribution in [-0.4, -0.2) is 49.0 Å². The molecule has 0 spiro atoms. The SMILES string of the molecule is O=C(COC(=O)CN1C(=O)C(=O)c2ccccc21)NCCSCc1ccccc1. The number of carbonyl (C=O) groups is 4. The van der Waals surface area contributed by atoms with Gasteiger partial charge in [0, 0.05) is 18.1 Å². The van der Waals surface area contributed by atoms with E-state index in [4.69, 9.17) is 4.74 Å². The van der Waals surface area contributed by atoms with Crippen LogP contribution >= 0.6 is 11.8 Å². The molecule has 0 saturated heterocycles. The predicted octanol–water partition coefficient (Wildman–Crippen LogP) is 1.81. The first-order valence-electron chi connectivity index (χ1n) is 9.05. The van der Waals surface area contributed by atoms with Gasteiger partial charge in [0.2, 0.25) is 0 Å². The average Bonchev–Trinajstić information content (AvgIpc) is 2.98. The van der Waals surface area contributed by atoms with Gasteiger partial charge in [0.1, 0.15) is 6.54 Å². The summed E-state index contributed by atoms with van der Waals surface area (Å²) in [5.74, 6) is -1.01. The molecule has 0 bridgehead atoms. The topological polar surface area (TPSA) is 92.8 Å². The number of nitrogens with one attached hydrogen (secondary N) is 1. The van der Waals surface area contributed by atoms with Crippen LogP contribution < -0.4 is 10.2 Å². The summed E-state index contributed by atoms with van der Waals surface area (Å²) in [5, 5.41) is 2.68. The van der Waals surface area contributed by atoms with E-state index in [-0.39, 0.29) is 5.56 Å². The zero-order chi connectivity index (χ0) is 20.6. The van der Waals surface area contributed by atoms with Gasteiger partial charge in [-0.2, -0.15) is 11.8 Å². The molecular formula is C21H20N2O5S. The molecule has 0 aromatic heterocycles. The summed E-state index contributed by atoms with van der Waals surface area (Å²) in [6, 6.07) is 16.5. The van der Waals surface area contributed by atoms with E-state index in [1.807, 2.05) is 30.3 Å². The first-order chi connectivity index (χ1) is 14.1. The molecule has 1 aliphatic heterocycles. The van der Waals surface area contributed by atoms with E-state index in [0.717, 1.165) is 16.4 Å². The number of hydrogen-bond acceptors (Lipinski definition) is 6. The van der Waals surface area contributed by atoms with Gasteiger partial charge in [-0.25, -0.2) is 0 Å². The van der Waals surface area contributed by atoms with Gasteiger partial charge in [-0.15, -0.1) is 0 Å². The Morgan fingerprint density at radius 2 is 1.72 bits per heavy atom. The third kappa shape index (κ3) is 5.45. The fraction of sp³-hybridized carbons (Fsp3) is 0.238. The molecule has 8 heteroatoms. The number of fused-ring (bicyclic) bond motifs is 1. The molecule has 0 atom stereocenters. The molecule has 2 aromatic rings. The normalized spacial score (nSPS) is 12.6. The van der Waals surface area contributed by atoms with Crippen molar-refractivity contribution >= 4 is 41.0 Å². The van der Waals surface area contributed by atoms with Gasteiger partial charge in [0.05, 0.1) is 11.3 Å². The Bertz CT molecular complexity index is 916. The zero-order valence-corrected chi connectivity index (χ0v) is 16.4. The lowest BCUT2D eigenvalue weighted by molar-refractivity contribution is -0.147. The van der Waals surface area contributed by atoms with E-state index in [2.05, 4.69) is 5.32 Å². The van der Waals surface area contributed by atoms with Gasteiger partial charge >= 0.3 is 5.97 Å². The van der Waals surface area contributed by atoms with Gasteiger partial charge in [-0.1, -0.05) is 42.5 Å². The summed E-state index contributed by atoms with van der Waals surface area (Å²) < 4.78 is 4.93. The minimum absolute atomic E-state index is 0.260. The van der Waals surface area contributed by atoms with E-state index >= 15 is 0 Å². The standard InChI is InChI=1S/C21H20N2O5S/c24-18(22-10-11-29-14-15-6-2-1-3-7-15)13-28-19(25)12-23-17-9-5-4-8-16(17)20(26)21(23)27/h1-9H,10-14H2,(H,22,24). The van der Waals surface area contributed by atoms with Crippen LogP contribution in [0.5, 0.6) is 0 Å². The molecule has 1 heterocycles. The van der Waals surface area contributed by atoms with E-state index in [1.165, 1.54) is 11.6 Å². The number of nitrogens with zero attached hydrogens (tertiary/aromatic N) is 1. The van der Waals surface area contributed by atoms with Crippen molar-refractivity contribution < 1.29 is 23.9 Å². The summed E-state index contributed by atoms with van der Waals surface area (Å²) in [6.07, 6.45) is 0. The Hall–Kier alpha value is -3.13. The van der Waals surface area contributed by atoms with Crippen LogP contribution in [0.15, 0.2) is 54.6 Å². The first-order valence-corrected chi connectivity index (χ1v) is 10.2. The highest BCUT2D eigenvalue weighted by Crippen LogP contribution is 2.28. The number of thioether (sulfide) groups is 1. The Kier molecular flexibility index (Phi) is 7.02. The molecule has 2 aromatic carbocycles. The van der Waals surface area contributed by atoms with E-state index in [1.54, 1.807) is 30.0 Å². The van der Waals surface area contributed by atoms with E-state index in [0.29, 0.717) is 12.2 Å². The number of amides is 2. The summed E-state index contributed by atoms with van der Waals surface area (Å²) in [4.78, 5) is 48.8. The lowest BCUT2D eigenvalue weighted by Crippen LogP contribution is -2.37. The molecule has 29 heavy (non-hydrogen) atoms. The number of hydrogen-bond donors (Lipinski definition) is 1. The Balaban J connectivity index is 1.35. The number of Topliss-reactive ketones (excluding diaryl/α,β-unsaturated/α-hetero) is 1. The van der Waals surface area contributed by atoms with Gasteiger partial charge < -0.3 is 10.1 Å². The monoisotopic (exact) mass is 412 g/mol. The molecule has 2 amide bonds. The first kappa shape index (κ1) is 20.6. The van der Waals surface area contributed by atoms with E-state index < -0.39 is 36.7 Å². The summed E-state index contributed by atoms with van der Waals surface area (Å²) in [5.41, 5.74) is 1.85. The van der Waals surface area contributed by atoms with Crippen molar-refractivity contribution in [2.24, 2.45) is 0 Å². The second-order valence-corrected chi connectivity index (χ2v) is 7.39. The quantitative estimate of drug-likeness (QED) is 0.384. The predicted molar refractivity (Wildman–Crippen MR) is 110 cm³/mol. The molecule has 3 rings (SSSR count). The van der Waals surface area contributed by atoms with Crippen LogP contribution in [0.1, 0.15) is 15.9 Å². The number of esters is 1. The molecule has 0 unspecified atom stereocenters. The van der Waals surface area contributed by atoms with Crippen molar-refractivity contribution in [1.29, 1.82) is 0 Å². The number of benzene rings is 2. The maximum Gasteiger partial charge on any atom is 0.326 e. The largest absolute Gasteiger partial charge is 0.454 e. The number of ether oxygens (including phenoxy) is 1. The highest BCUT2D eigenvalue weighted by molar-refractivity contribution is 7.98. The Morgan fingerprint density at radius 3 is 2.52 bits per heavy atom. The van der Waals surface area contributed by atoms with Crippen LogP contribution in [0.4, 0.5) is 5.69 Å². The molecule has 0 saturated carbocycles. The smallest absolute Gasteiger partial charge is 0.326 e. The number of para-hydroxylation sites is 1. The molecule has 0 fully saturated rings. The van der Waals surface area contributed by atoms with E-state index in [9.17, 15) is 19.2 Å². The van der Waals surface area contributed by atoms with Crippen molar-refractivity contribution in [1.82, 2.24) is 5.32 Å². The Labute approximate surface area is 172 Å². The van der Waals surface area contributed by atoms with Crippen LogP contribution in [0.25, 0.3) is 0 Å². The molecule has 150 valence electrons. The number of carbonyl (C=O) groups excluding carboxylic acids is 4. The third-order valence-corrected chi connectivity index (χ3v) is 5.24. The van der Waals surface area contributed by atoms with Crippen molar-refractivity contribution in [2.45, 2.75) is 5.75 Å². The van der Waals surface area contributed by atoms with Gasteiger partial charge in [0.15, 0.2) is 6.61 Å². The lowest BCUT2D eigenvalue weighted by Gasteiger charge is -2.15. The molecule has 0 aliphatic carbocycles. The fourth-order valence-electron chi connectivity index (χ4n) is 2.80. The van der Waals surface area contributed by atoms with Crippen molar-refractivity contribution in [3.63, 3.8) is 0 Å². The van der Waals surface area contributed by atoms with Crippen LogP contribution in [0.2, 0.25) is 0 Å². The minimum Gasteiger partial charge on any atom is -0.454 e. The van der Waals surface area contributed by atoms with Crippen molar-refractivity contribution in [2.75, 3.05) is 30.3 Å². The fourth-order valence-corrected chi connectivity index (χ4v) is 3.62. The summed E-state index contributed by atoms with van der Waals surface area (Å²) in [7, 11) is 0. The summed E-state index contributed by atoms with van der Waals surface area (Å²) >= 11 is 1.69. The highest BCUT2D eigenvalue weighted by Gasteiger charge is 2.36. The molecule has 1 N–H and O–H groups in total. The van der Waals surface area contributed by atoms with Crippen molar-refractivity contribution in [3.8, 4) is 0 Å². The molecule has 0 radical (unpaired) electrons. The molecule has 7 nitrogen and oxygen atoms in total. The van der Waals surface area contributed by atoms with Crippen LogP contribution in [0.3, 0.4) is 0 Å². The Morgan fingerprint density at radius 1 is 1.00 bits per heavy atom. The van der Waals surface area contributed by atoms with Gasteiger partial charge in [0.25, 0.3) is 17.6 Å². The maximum absolute atomic E-state index is 12.0. The zero-order valence-electron chi connectivity index (χ0n) is 15.6. The third-order valence-electron chi connectivity index (χ3n) is 4.21. The van der Waals surface area contributed by atoms with Crippen LogP contribution in [-0.2, 0) is 24.9 Å². The summed E-state index contributed by atoms with van der Waals surface area (Å²) in [6.45, 7) is -0.387. The van der Waals surface area contributed by atoms with Crippen molar-refractivity contribution in [3.05, 3.63) is 65.7 Å². The number of ketones is 1.